The fourth-order valence-electron chi connectivity index (χ4n) is 1.74. The molecule has 1 heterocycles. The van der Waals surface area contributed by atoms with E-state index in [0.717, 1.165) is 13.0 Å². The lowest BCUT2D eigenvalue weighted by molar-refractivity contribution is -0.143. The highest BCUT2D eigenvalue weighted by molar-refractivity contribution is 5.78. The lowest BCUT2D eigenvalue weighted by Gasteiger charge is -2.30. The summed E-state index contributed by atoms with van der Waals surface area (Å²) in [4.78, 5) is 13.4. The van der Waals surface area contributed by atoms with Gasteiger partial charge in [0.1, 0.15) is 6.61 Å². The van der Waals surface area contributed by atoms with E-state index < -0.39 is 0 Å². The van der Waals surface area contributed by atoms with Gasteiger partial charge in [-0.2, -0.15) is 0 Å². The third kappa shape index (κ3) is 4.47. The SMILES string of the molecule is CCCNC(COC)CN1CCOCC1=O. The second-order valence-electron chi connectivity index (χ2n) is 4.00. The van der Waals surface area contributed by atoms with Crippen molar-refractivity contribution in [1.82, 2.24) is 10.2 Å². The van der Waals surface area contributed by atoms with Crippen molar-refractivity contribution in [2.24, 2.45) is 0 Å². The van der Waals surface area contributed by atoms with E-state index in [9.17, 15) is 4.79 Å². The summed E-state index contributed by atoms with van der Waals surface area (Å²) in [6.45, 7) is 5.95. The van der Waals surface area contributed by atoms with Crippen molar-refractivity contribution in [3.05, 3.63) is 0 Å². The summed E-state index contributed by atoms with van der Waals surface area (Å²) in [5.41, 5.74) is 0. The average molecular weight is 230 g/mol. The third-order valence-corrected chi connectivity index (χ3v) is 2.58. The monoisotopic (exact) mass is 230 g/mol. The Balaban J connectivity index is 2.36. The first kappa shape index (κ1) is 13.4. The van der Waals surface area contributed by atoms with Crippen LogP contribution in [0.25, 0.3) is 0 Å². The van der Waals surface area contributed by atoms with Gasteiger partial charge < -0.3 is 19.7 Å². The molecule has 1 unspecified atom stereocenters. The predicted molar refractivity (Wildman–Crippen MR) is 61.4 cm³/mol. The number of nitrogens with one attached hydrogen (secondary N) is 1. The molecule has 0 radical (unpaired) electrons. The van der Waals surface area contributed by atoms with E-state index in [-0.39, 0.29) is 18.6 Å². The molecule has 1 rings (SSSR count). The Hall–Kier alpha value is -0.650. The van der Waals surface area contributed by atoms with E-state index in [1.165, 1.54) is 0 Å². The second-order valence-corrected chi connectivity index (χ2v) is 4.00. The lowest BCUT2D eigenvalue weighted by Crippen LogP contribution is -2.50. The Morgan fingerprint density at radius 3 is 3.06 bits per heavy atom. The normalized spacial score (nSPS) is 18.9. The molecule has 1 fully saturated rings. The summed E-state index contributed by atoms with van der Waals surface area (Å²) in [6, 6.07) is 0.215. The maximum Gasteiger partial charge on any atom is 0.248 e. The maximum absolute atomic E-state index is 11.5. The third-order valence-electron chi connectivity index (χ3n) is 2.58. The van der Waals surface area contributed by atoms with Crippen molar-refractivity contribution in [3.8, 4) is 0 Å². The number of ether oxygens (including phenoxy) is 2. The molecule has 0 aromatic rings. The van der Waals surface area contributed by atoms with Gasteiger partial charge in [-0.15, -0.1) is 0 Å². The van der Waals surface area contributed by atoms with Crippen molar-refractivity contribution in [2.45, 2.75) is 19.4 Å². The van der Waals surface area contributed by atoms with Crippen LogP contribution in [0.15, 0.2) is 0 Å². The quantitative estimate of drug-likeness (QED) is 0.661. The summed E-state index contributed by atoms with van der Waals surface area (Å²) < 4.78 is 10.2. The number of hydrogen-bond acceptors (Lipinski definition) is 4. The minimum absolute atomic E-state index is 0.0747. The highest BCUT2D eigenvalue weighted by atomic mass is 16.5. The number of morpholine rings is 1. The predicted octanol–water partition coefficient (Wildman–Crippen LogP) is -0.140. The van der Waals surface area contributed by atoms with Crippen LogP contribution in [-0.4, -0.2) is 63.4 Å². The fraction of sp³-hybridized carbons (Fsp3) is 0.909. The first-order valence-corrected chi connectivity index (χ1v) is 5.85. The van der Waals surface area contributed by atoms with Crippen LogP contribution in [-0.2, 0) is 14.3 Å². The molecule has 1 aliphatic rings. The van der Waals surface area contributed by atoms with Crippen LogP contribution in [0, 0.1) is 0 Å². The van der Waals surface area contributed by atoms with Gasteiger partial charge in [0.05, 0.1) is 13.2 Å². The Morgan fingerprint density at radius 1 is 1.62 bits per heavy atom. The minimum atomic E-state index is 0.0747. The maximum atomic E-state index is 11.5. The van der Waals surface area contributed by atoms with Gasteiger partial charge in [0.15, 0.2) is 0 Å². The molecule has 1 atom stereocenters. The number of rotatable bonds is 7. The summed E-state index contributed by atoms with van der Waals surface area (Å²) in [5, 5.41) is 3.38. The van der Waals surface area contributed by atoms with Gasteiger partial charge in [-0.05, 0) is 13.0 Å². The fourth-order valence-corrected chi connectivity index (χ4v) is 1.74. The van der Waals surface area contributed by atoms with Crippen molar-refractivity contribution in [2.75, 3.05) is 46.6 Å². The number of hydrogen-bond donors (Lipinski definition) is 1. The highest BCUT2D eigenvalue weighted by Gasteiger charge is 2.21. The van der Waals surface area contributed by atoms with Crippen LogP contribution in [0.3, 0.4) is 0 Å². The van der Waals surface area contributed by atoms with Crippen LogP contribution < -0.4 is 5.32 Å². The van der Waals surface area contributed by atoms with E-state index in [4.69, 9.17) is 9.47 Å². The topological polar surface area (TPSA) is 50.8 Å². The highest BCUT2D eigenvalue weighted by Crippen LogP contribution is 2.01. The smallest absolute Gasteiger partial charge is 0.248 e. The molecular weight excluding hydrogens is 208 g/mol. The number of amides is 1. The second kappa shape index (κ2) is 7.60. The average Bonchev–Trinajstić information content (AvgIpc) is 2.29. The van der Waals surface area contributed by atoms with Gasteiger partial charge in [-0.3, -0.25) is 4.79 Å². The van der Waals surface area contributed by atoms with Crippen LogP contribution in [0.1, 0.15) is 13.3 Å². The van der Waals surface area contributed by atoms with E-state index in [1.807, 2.05) is 4.90 Å². The largest absolute Gasteiger partial charge is 0.383 e. The molecule has 1 N–H and O–H groups in total. The van der Waals surface area contributed by atoms with Crippen molar-refractivity contribution < 1.29 is 14.3 Å². The summed E-state index contributed by atoms with van der Waals surface area (Å²) in [5.74, 6) is 0.0747. The van der Waals surface area contributed by atoms with Crippen LogP contribution in [0.2, 0.25) is 0 Å². The molecule has 1 amide bonds. The van der Waals surface area contributed by atoms with E-state index in [0.29, 0.717) is 26.3 Å². The first-order valence-electron chi connectivity index (χ1n) is 5.85. The van der Waals surface area contributed by atoms with E-state index in [2.05, 4.69) is 12.2 Å². The molecule has 0 saturated carbocycles. The van der Waals surface area contributed by atoms with E-state index in [1.54, 1.807) is 7.11 Å². The lowest BCUT2D eigenvalue weighted by atomic mass is 10.2. The van der Waals surface area contributed by atoms with Gasteiger partial charge in [-0.25, -0.2) is 0 Å². The molecule has 5 nitrogen and oxygen atoms in total. The summed E-state index contributed by atoms with van der Waals surface area (Å²) in [6.07, 6.45) is 1.08. The molecule has 1 aliphatic heterocycles. The zero-order valence-electron chi connectivity index (χ0n) is 10.2. The molecular formula is C11H22N2O3. The van der Waals surface area contributed by atoms with Crippen LogP contribution in [0.5, 0.6) is 0 Å². The molecule has 1 saturated heterocycles. The zero-order chi connectivity index (χ0) is 11.8. The molecule has 0 spiro atoms. The minimum Gasteiger partial charge on any atom is -0.383 e. The van der Waals surface area contributed by atoms with Crippen LogP contribution in [0.4, 0.5) is 0 Å². The Labute approximate surface area is 97.1 Å². The van der Waals surface area contributed by atoms with Crippen molar-refractivity contribution in [1.29, 1.82) is 0 Å². The molecule has 0 aromatic heterocycles. The summed E-state index contributed by atoms with van der Waals surface area (Å²) in [7, 11) is 1.68. The number of carbonyl (C=O) groups is 1. The van der Waals surface area contributed by atoms with Gasteiger partial charge in [-0.1, -0.05) is 6.92 Å². The molecule has 0 aromatic carbocycles. The molecule has 94 valence electrons. The van der Waals surface area contributed by atoms with Gasteiger partial charge >= 0.3 is 0 Å². The Bertz CT molecular complexity index is 211. The van der Waals surface area contributed by atoms with Gasteiger partial charge in [0.25, 0.3) is 0 Å². The van der Waals surface area contributed by atoms with Gasteiger partial charge in [0, 0.05) is 26.2 Å². The van der Waals surface area contributed by atoms with Crippen molar-refractivity contribution >= 4 is 5.91 Å². The molecule has 0 aliphatic carbocycles. The summed E-state index contributed by atoms with van der Waals surface area (Å²) >= 11 is 0. The van der Waals surface area contributed by atoms with Crippen molar-refractivity contribution in [3.63, 3.8) is 0 Å². The number of methoxy groups -OCH3 is 1. The number of carbonyl (C=O) groups excluding carboxylic acids is 1. The standard InChI is InChI=1S/C11H22N2O3/c1-3-4-12-10(8-15-2)7-13-5-6-16-9-11(13)14/h10,12H,3-9H2,1-2H3. The molecule has 16 heavy (non-hydrogen) atoms. The number of nitrogens with zero attached hydrogens (tertiary/aromatic N) is 1. The molecule has 5 heteroatoms. The zero-order valence-corrected chi connectivity index (χ0v) is 10.2. The molecule has 0 bridgehead atoms. The Morgan fingerprint density at radius 2 is 2.44 bits per heavy atom. The van der Waals surface area contributed by atoms with Gasteiger partial charge in [0.2, 0.25) is 5.91 Å². The Kier molecular flexibility index (Phi) is 6.37. The van der Waals surface area contributed by atoms with E-state index >= 15 is 0 Å². The first-order chi connectivity index (χ1) is 7.77. The van der Waals surface area contributed by atoms with Crippen LogP contribution >= 0.6 is 0 Å².